The van der Waals surface area contributed by atoms with E-state index in [1.54, 1.807) is 11.2 Å². The summed E-state index contributed by atoms with van der Waals surface area (Å²) in [5.74, 6) is 0.623. The molecule has 1 saturated heterocycles. The Morgan fingerprint density at radius 2 is 2.29 bits per heavy atom. The van der Waals surface area contributed by atoms with Crippen LogP contribution in [0, 0.1) is 6.92 Å². The molecule has 1 amide bonds. The largest absolute Gasteiger partial charge is 0.366 e. The predicted molar refractivity (Wildman–Crippen MR) is 86.4 cm³/mol. The molecule has 0 bridgehead atoms. The number of fused-ring (bicyclic) bond motifs is 1. The third kappa shape index (κ3) is 2.44. The molecule has 1 fully saturated rings. The van der Waals surface area contributed by atoms with Gasteiger partial charge in [0, 0.05) is 19.0 Å². The first-order valence-corrected chi connectivity index (χ1v) is 7.83. The number of carbonyl (C=O) groups excluding carboxylic acids is 1. The van der Waals surface area contributed by atoms with Gasteiger partial charge in [-0.3, -0.25) is 9.89 Å². The van der Waals surface area contributed by atoms with E-state index < -0.39 is 0 Å². The topological polar surface area (TPSA) is 88.9 Å². The van der Waals surface area contributed by atoms with Gasteiger partial charge in [0.1, 0.15) is 12.4 Å². The first-order valence-electron chi connectivity index (χ1n) is 7.83. The molecule has 0 unspecified atom stereocenters. The van der Waals surface area contributed by atoms with E-state index in [9.17, 15) is 4.79 Å². The molecule has 1 aliphatic heterocycles. The maximum atomic E-state index is 12.9. The number of ether oxygens (including phenoxy) is 1. The summed E-state index contributed by atoms with van der Waals surface area (Å²) in [6.07, 6.45) is 1.35. The summed E-state index contributed by atoms with van der Waals surface area (Å²) in [6.45, 7) is 3.43. The van der Waals surface area contributed by atoms with Crippen LogP contribution in [-0.2, 0) is 11.8 Å². The molecule has 124 valence electrons. The zero-order chi connectivity index (χ0) is 16.7. The number of H-pyrrole nitrogens is 1. The lowest BCUT2D eigenvalue weighted by molar-refractivity contribution is -0.0282. The Balaban J connectivity index is 1.61. The van der Waals surface area contributed by atoms with Crippen LogP contribution >= 0.6 is 0 Å². The van der Waals surface area contributed by atoms with Crippen molar-refractivity contribution in [3.63, 3.8) is 0 Å². The molecule has 1 N–H and O–H groups in total. The molecule has 0 saturated carbocycles. The standard InChI is InChI=1S/C16H18N6O2/c1-10-3-4-12-11(7-10)14(19-18-12)16(23)22-5-6-24-13(8-22)15-20-17-9-21(15)2/h3-4,7,9,13H,5-6,8H2,1-2H3,(H,18,19)/t13-/m0/s1. The second-order valence-corrected chi connectivity index (χ2v) is 6.03. The van der Waals surface area contributed by atoms with E-state index in [4.69, 9.17) is 4.74 Å². The van der Waals surface area contributed by atoms with Crippen LogP contribution in [0.25, 0.3) is 10.9 Å². The van der Waals surface area contributed by atoms with Gasteiger partial charge in [-0.2, -0.15) is 5.10 Å². The number of nitrogens with zero attached hydrogens (tertiary/aromatic N) is 5. The minimum atomic E-state index is -0.276. The van der Waals surface area contributed by atoms with Gasteiger partial charge in [0.05, 0.1) is 18.7 Å². The number of amides is 1. The molecule has 2 aromatic heterocycles. The second kappa shape index (κ2) is 5.72. The van der Waals surface area contributed by atoms with Crippen molar-refractivity contribution in [2.75, 3.05) is 19.7 Å². The van der Waals surface area contributed by atoms with E-state index in [-0.39, 0.29) is 12.0 Å². The predicted octanol–water partition coefficient (Wildman–Crippen LogP) is 1.21. The van der Waals surface area contributed by atoms with Crippen LogP contribution in [0.3, 0.4) is 0 Å². The van der Waals surface area contributed by atoms with Crippen molar-refractivity contribution >= 4 is 16.8 Å². The number of aromatic amines is 1. The lowest BCUT2D eigenvalue weighted by atomic mass is 10.1. The average Bonchev–Trinajstić information content (AvgIpc) is 3.20. The Labute approximate surface area is 138 Å². The highest BCUT2D eigenvalue weighted by Crippen LogP contribution is 2.23. The maximum absolute atomic E-state index is 12.9. The molecule has 3 aromatic rings. The molecule has 0 spiro atoms. The number of hydrogen-bond acceptors (Lipinski definition) is 5. The van der Waals surface area contributed by atoms with Gasteiger partial charge in [-0.25, -0.2) is 0 Å². The Morgan fingerprint density at radius 1 is 1.42 bits per heavy atom. The Hall–Kier alpha value is -2.74. The molecule has 3 heterocycles. The van der Waals surface area contributed by atoms with Crippen LogP contribution in [0.15, 0.2) is 24.5 Å². The summed E-state index contributed by atoms with van der Waals surface area (Å²) >= 11 is 0. The zero-order valence-corrected chi connectivity index (χ0v) is 13.6. The van der Waals surface area contributed by atoms with Gasteiger partial charge < -0.3 is 14.2 Å². The minimum absolute atomic E-state index is 0.0951. The Kier molecular flexibility index (Phi) is 3.53. The summed E-state index contributed by atoms with van der Waals surface area (Å²) in [6, 6.07) is 5.91. The maximum Gasteiger partial charge on any atom is 0.275 e. The molecule has 1 atom stereocenters. The van der Waals surface area contributed by atoms with E-state index in [0.29, 0.717) is 25.4 Å². The van der Waals surface area contributed by atoms with Crippen LogP contribution in [0.5, 0.6) is 0 Å². The number of rotatable bonds is 2. The smallest absolute Gasteiger partial charge is 0.275 e. The molecule has 4 rings (SSSR count). The van der Waals surface area contributed by atoms with Crippen molar-refractivity contribution in [3.8, 4) is 0 Å². The van der Waals surface area contributed by atoms with Crippen LogP contribution < -0.4 is 0 Å². The summed E-state index contributed by atoms with van der Waals surface area (Å²) in [5, 5.41) is 16.0. The van der Waals surface area contributed by atoms with Crippen molar-refractivity contribution < 1.29 is 9.53 Å². The van der Waals surface area contributed by atoms with E-state index in [0.717, 1.165) is 22.3 Å². The summed E-state index contributed by atoms with van der Waals surface area (Å²) in [4.78, 5) is 14.7. The summed E-state index contributed by atoms with van der Waals surface area (Å²) in [7, 11) is 1.86. The van der Waals surface area contributed by atoms with E-state index in [1.165, 1.54) is 0 Å². The van der Waals surface area contributed by atoms with Gasteiger partial charge in [-0.1, -0.05) is 11.6 Å². The fraction of sp³-hybridized carbons (Fsp3) is 0.375. The summed E-state index contributed by atoms with van der Waals surface area (Å²) < 4.78 is 7.57. The van der Waals surface area contributed by atoms with Crippen LogP contribution in [-0.4, -0.2) is 55.5 Å². The first-order chi connectivity index (χ1) is 11.6. The van der Waals surface area contributed by atoms with Gasteiger partial charge in [-0.05, 0) is 19.1 Å². The Bertz CT molecular complexity index is 899. The van der Waals surface area contributed by atoms with Gasteiger partial charge in [-0.15, -0.1) is 10.2 Å². The van der Waals surface area contributed by atoms with Gasteiger partial charge in [0.25, 0.3) is 5.91 Å². The van der Waals surface area contributed by atoms with Crippen LogP contribution in [0.2, 0.25) is 0 Å². The third-order valence-electron chi connectivity index (χ3n) is 4.31. The van der Waals surface area contributed by atoms with Crippen molar-refractivity contribution in [2.45, 2.75) is 13.0 Å². The molecule has 1 aliphatic rings. The van der Waals surface area contributed by atoms with Crippen molar-refractivity contribution in [1.29, 1.82) is 0 Å². The Morgan fingerprint density at radius 3 is 3.08 bits per heavy atom. The number of benzene rings is 1. The highest BCUT2D eigenvalue weighted by Gasteiger charge is 2.30. The van der Waals surface area contributed by atoms with Crippen molar-refractivity contribution in [2.24, 2.45) is 7.05 Å². The number of aromatic nitrogens is 5. The SMILES string of the molecule is Cc1ccc2[nH]nc(C(=O)N3CCO[C@H](c4nncn4C)C3)c2c1. The fourth-order valence-corrected chi connectivity index (χ4v) is 3.01. The number of nitrogens with one attached hydrogen (secondary N) is 1. The first kappa shape index (κ1) is 14.8. The quantitative estimate of drug-likeness (QED) is 0.765. The van der Waals surface area contributed by atoms with Crippen molar-refractivity contribution in [1.82, 2.24) is 29.9 Å². The lowest BCUT2D eigenvalue weighted by Gasteiger charge is -2.31. The second-order valence-electron chi connectivity index (χ2n) is 6.03. The minimum Gasteiger partial charge on any atom is -0.366 e. The van der Waals surface area contributed by atoms with E-state index in [2.05, 4.69) is 20.4 Å². The van der Waals surface area contributed by atoms with Crippen LogP contribution in [0.1, 0.15) is 28.0 Å². The zero-order valence-electron chi connectivity index (χ0n) is 13.6. The van der Waals surface area contributed by atoms with Crippen molar-refractivity contribution in [3.05, 3.63) is 41.6 Å². The molecule has 0 aliphatic carbocycles. The normalized spacial score (nSPS) is 18.2. The molecule has 8 heteroatoms. The van der Waals surface area contributed by atoms with E-state index in [1.807, 2.05) is 36.7 Å². The number of carbonyl (C=O) groups is 1. The molecule has 1 aromatic carbocycles. The highest BCUT2D eigenvalue weighted by molar-refractivity contribution is 6.04. The third-order valence-corrected chi connectivity index (χ3v) is 4.31. The number of morpholine rings is 1. The highest BCUT2D eigenvalue weighted by atomic mass is 16.5. The number of hydrogen-bond donors (Lipinski definition) is 1. The molecular formula is C16H18N6O2. The fourth-order valence-electron chi connectivity index (χ4n) is 3.01. The molecule has 24 heavy (non-hydrogen) atoms. The van der Waals surface area contributed by atoms with Crippen LogP contribution in [0.4, 0.5) is 0 Å². The molecule has 8 nitrogen and oxygen atoms in total. The van der Waals surface area contributed by atoms with E-state index >= 15 is 0 Å². The average molecular weight is 326 g/mol. The van der Waals surface area contributed by atoms with Gasteiger partial charge in [0.15, 0.2) is 11.5 Å². The van der Waals surface area contributed by atoms with Gasteiger partial charge >= 0.3 is 0 Å². The number of aryl methyl sites for hydroxylation is 2. The lowest BCUT2D eigenvalue weighted by Crippen LogP contribution is -2.43. The van der Waals surface area contributed by atoms with Gasteiger partial charge in [0.2, 0.25) is 0 Å². The molecule has 0 radical (unpaired) electrons. The summed E-state index contributed by atoms with van der Waals surface area (Å²) in [5.41, 5.74) is 2.41. The monoisotopic (exact) mass is 326 g/mol. The molecular weight excluding hydrogens is 308 g/mol.